The fourth-order valence-electron chi connectivity index (χ4n) is 1.61. The van der Waals surface area contributed by atoms with Gasteiger partial charge in [0.25, 0.3) is 0 Å². The second-order valence-corrected chi connectivity index (χ2v) is 4.38. The number of nitrogens with one attached hydrogen (secondary N) is 2. The van der Waals surface area contributed by atoms with Crippen LogP contribution in [0.1, 0.15) is 18.7 Å². The lowest BCUT2D eigenvalue weighted by Crippen LogP contribution is -2.15. The molecule has 5 nitrogen and oxygen atoms in total. The number of hydrogen-bond acceptors (Lipinski definition) is 5. The Bertz CT molecular complexity index is 583. The molecule has 2 N–H and O–H groups in total. The van der Waals surface area contributed by atoms with Crippen molar-refractivity contribution < 1.29 is 13.2 Å². The highest BCUT2D eigenvalue weighted by Gasteiger charge is 2.21. The summed E-state index contributed by atoms with van der Waals surface area (Å²) in [6, 6.07) is 4.40. The lowest BCUT2D eigenvalue weighted by molar-refractivity contribution is 0.477. The van der Waals surface area contributed by atoms with Crippen LogP contribution < -0.4 is 10.6 Å². The maximum atomic E-state index is 13.4. The third kappa shape index (κ3) is 2.87. The summed E-state index contributed by atoms with van der Waals surface area (Å²) in [6.45, 7) is 0.477. The summed E-state index contributed by atoms with van der Waals surface area (Å²) >= 11 is 0. The highest BCUT2D eigenvalue weighted by Crippen LogP contribution is 2.22. The first-order valence-corrected chi connectivity index (χ1v) is 5.99. The monoisotopic (exact) mass is 266 g/mol. The molecule has 19 heavy (non-hydrogen) atoms. The van der Waals surface area contributed by atoms with Crippen molar-refractivity contribution in [2.24, 2.45) is 0 Å². The Morgan fingerprint density at radius 2 is 2.11 bits per heavy atom. The number of rotatable bonds is 5. The van der Waals surface area contributed by atoms with E-state index in [2.05, 4.69) is 20.8 Å². The summed E-state index contributed by atoms with van der Waals surface area (Å²) in [5.74, 6) is -1.50. The molecule has 1 aromatic carbocycles. The molecule has 1 saturated carbocycles. The second-order valence-electron chi connectivity index (χ2n) is 4.38. The zero-order valence-corrected chi connectivity index (χ0v) is 9.99. The van der Waals surface area contributed by atoms with Crippen molar-refractivity contribution in [2.75, 3.05) is 5.32 Å². The third-order valence-electron chi connectivity index (χ3n) is 2.78. The number of anilines is 2. The van der Waals surface area contributed by atoms with Gasteiger partial charge in [0.2, 0.25) is 5.89 Å². The Labute approximate surface area is 108 Å². The second kappa shape index (κ2) is 4.93. The molecule has 0 saturated heterocycles. The molecule has 1 aliphatic rings. The van der Waals surface area contributed by atoms with E-state index in [1.807, 2.05) is 0 Å². The minimum Gasteiger partial charge on any atom is -0.406 e. The largest absolute Gasteiger partial charge is 0.406 e. The van der Waals surface area contributed by atoms with Crippen molar-refractivity contribution in [3.63, 3.8) is 0 Å². The molecule has 0 unspecified atom stereocenters. The topological polar surface area (TPSA) is 63.0 Å². The lowest BCUT2D eigenvalue weighted by Gasteiger charge is -2.02. The van der Waals surface area contributed by atoms with E-state index < -0.39 is 11.6 Å². The predicted molar refractivity (Wildman–Crippen MR) is 63.8 cm³/mol. The number of benzene rings is 1. The Kier molecular flexibility index (Phi) is 3.12. The van der Waals surface area contributed by atoms with Crippen LogP contribution in [0.25, 0.3) is 0 Å². The molecule has 100 valence electrons. The van der Waals surface area contributed by atoms with E-state index in [1.54, 1.807) is 0 Å². The van der Waals surface area contributed by atoms with Gasteiger partial charge < -0.3 is 15.1 Å². The molecule has 0 spiro atoms. The molecule has 1 fully saturated rings. The van der Waals surface area contributed by atoms with Crippen LogP contribution in [0.2, 0.25) is 0 Å². The molecule has 0 amide bonds. The van der Waals surface area contributed by atoms with Gasteiger partial charge in [-0.05, 0) is 25.0 Å². The van der Waals surface area contributed by atoms with Gasteiger partial charge in [-0.15, -0.1) is 5.10 Å². The zero-order chi connectivity index (χ0) is 13.2. The highest BCUT2D eigenvalue weighted by atomic mass is 19.2. The number of halogens is 2. The van der Waals surface area contributed by atoms with Crippen molar-refractivity contribution in [2.45, 2.75) is 25.4 Å². The van der Waals surface area contributed by atoms with Crippen LogP contribution in [0, 0.1) is 11.6 Å². The minimum absolute atomic E-state index is 0.0367. The van der Waals surface area contributed by atoms with Crippen LogP contribution in [0.5, 0.6) is 0 Å². The van der Waals surface area contributed by atoms with Crippen LogP contribution in [-0.4, -0.2) is 16.2 Å². The van der Waals surface area contributed by atoms with Crippen molar-refractivity contribution in [1.29, 1.82) is 0 Å². The van der Waals surface area contributed by atoms with E-state index in [0.29, 0.717) is 18.5 Å². The summed E-state index contributed by atoms with van der Waals surface area (Å²) in [6.07, 6.45) is 2.32. The standard InChI is InChI=1S/C12H12F2N4O/c13-8-2-1-3-9(11(8)14)16-12-18-17-10(19-12)6-15-7-4-5-7/h1-3,7,15H,4-6H2,(H,16,18). The van der Waals surface area contributed by atoms with Gasteiger partial charge in [0.1, 0.15) is 0 Å². The Morgan fingerprint density at radius 3 is 2.89 bits per heavy atom. The highest BCUT2D eigenvalue weighted by molar-refractivity contribution is 5.52. The summed E-state index contributed by atoms with van der Waals surface area (Å²) < 4.78 is 31.7. The van der Waals surface area contributed by atoms with E-state index in [0.717, 1.165) is 18.9 Å². The van der Waals surface area contributed by atoms with E-state index in [1.165, 1.54) is 12.1 Å². The molecule has 1 aromatic heterocycles. The molecule has 0 bridgehead atoms. The quantitative estimate of drug-likeness (QED) is 0.869. The van der Waals surface area contributed by atoms with Crippen LogP contribution in [-0.2, 0) is 6.54 Å². The molecular formula is C12H12F2N4O. The van der Waals surface area contributed by atoms with Crippen LogP contribution in [0.3, 0.4) is 0 Å². The van der Waals surface area contributed by atoms with E-state index in [9.17, 15) is 8.78 Å². The Balaban J connectivity index is 1.67. The fourth-order valence-corrected chi connectivity index (χ4v) is 1.61. The molecule has 0 radical (unpaired) electrons. The molecule has 1 heterocycles. The normalized spacial score (nSPS) is 14.6. The van der Waals surface area contributed by atoms with Gasteiger partial charge in [-0.3, -0.25) is 0 Å². The van der Waals surface area contributed by atoms with Gasteiger partial charge in [-0.2, -0.15) is 0 Å². The first kappa shape index (κ1) is 12.0. The fraction of sp³-hybridized carbons (Fsp3) is 0.333. The molecule has 7 heteroatoms. The first-order chi connectivity index (χ1) is 9.22. The SMILES string of the molecule is Fc1cccc(Nc2nnc(CNC3CC3)o2)c1F. The van der Waals surface area contributed by atoms with E-state index in [-0.39, 0.29) is 11.7 Å². The summed E-state index contributed by atoms with van der Waals surface area (Å²) in [5.41, 5.74) is -0.0367. The summed E-state index contributed by atoms with van der Waals surface area (Å²) in [4.78, 5) is 0. The van der Waals surface area contributed by atoms with Crippen LogP contribution in [0.15, 0.2) is 22.6 Å². The molecular weight excluding hydrogens is 254 g/mol. The summed E-state index contributed by atoms with van der Waals surface area (Å²) in [5, 5.41) is 13.3. The van der Waals surface area contributed by atoms with Gasteiger partial charge in [0, 0.05) is 6.04 Å². The molecule has 3 rings (SSSR count). The average molecular weight is 266 g/mol. The van der Waals surface area contributed by atoms with Gasteiger partial charge in [0.15, 0.2) is 11.6 Å². The van der Waals surface area contributed by atoms with E-state index in [4.69, 9.17) is 4.42 Å². The minimum atomic E-state index is -0.974. The smallest absolute Gasteiger partial charge is 0.320 e. The molecule has 2 aromatic rings. The zero-order valence-electron chi connectivity index (χ0n) is 9.99. The first-order valence-electron chi connectivity index (χ1n) is 5.99. The summed E-state index contributed by atoms with van der Waals surface area (Å²) in [7, 11) is 0. The van der Waals surface area contributed by atoms with Gasteiger partial charge >= 0.3 is 6.01 Å². The number of nitrogens with zero attached hydrogens (tertiary/aromatic N) is 2. The lowest BCUT2D eigenvalue weighted by atomic mass is 10.3. The van der Waals surface area contributed by atoms with Crippen molar-refractivity contribution >= 4 is 11.7 Å². The van der Waals surface area contributed by atoms with Crippen LogP contribution >= 0.6 is 0 Å². The third-order valence-corrected chi connectivity index (χ3v) is 2.78. The molecule has 1 aliphatic carbocycles. The molecule has 0 aliphatic heterocycles. The maximum Gasteiger partial charge on any atom is 0.320 e. The average Bonchev–Trinajstić information content (AvgIpc) is 3.13. The van der Waals surface area contributed by atoms with Crippen molar-refractivity contribution in [3.05, 3.63) is 35.7 Å². The van der Waals surface area contributed by atoms with Gasteiger partial charge in [-0.1, -0.05) is 11.2 Å². The number of aromatic nitrogens is 2. The maximum absolute atomic E-state index is 13.4. The van der Waals surface area contributed by atoms with E-state index >= 15 is 0 Å². The van der Waals surface area contributed by atoms with Crippen molar-refractivity contribution in [1.82, 2.24) is 15.5 Å². The Hall–Kier alpha value is -2.02. The van der Waals surface area contributed by atoms with Gasteiger partial charge in [-0.25, -0.2) is 8.78 Å². The molecule has 0 atom stereocenters. The number of hydrogen-bond donors (Lipinski definition) is 2. The Morgan fingerprint density at radius 1 is 1.26 bits per heavy atom. The van der Waals surface area contributed by atoms with Crippen LogP contribution in [0.4, 0.5) is 20.5 Å². The van der Waals surface area contributed by atoms with Gasteiger partial charge in [0.05, 0.1) is 12.2 Å². The van der Waals surface area contributed by atoms with Crippen molar-refractivity contribution in [3.8, 4) is 0 Å². The predicted octanol–water partition coefficient (Wildman–Crippen LogP) is 2.34.